The number of hydrogen-bond acceptors (Lipinski definition) is 3. The third-order valence-corrected chi connectivity index (χ3v) is 2.17. The Hall–Kier alpha value is -1.56. The van der Waals surface area contributed by atoms with Crippen LogP contribution in [0.25, 0.3) is 0 Å². The van der Waals surface area contributed by atoms with Gasteiger partial charge in [0.1, 0.15) is 11.8 Å². The maximum atomic E-state index is 8.52. The molecule has 0 unspecified atom stereocenters. The minimum atomic E-state index is 0.469. The molecule has 0 bridgehead atoms. The van der Waals surface area contributed by atoms with Crippen LogP contribution in [-0.2, 0) is 0 Å². The van der Waals surface area contributed by atoms with Crippen LogP contribution < -0.4 is 5.32 Å². The fourth-order valence-corrected chi connectivity index (χ4v) is 1.15. The van der Waals surface area contributed by atoms with Gasteiger partial charge in [-0.3, -0.25) is 0 Å². The van der Waals surface area contributed by atoms with E-state index < -0.39 is 0 Å². The minimum Gasteiger partial charge on any atom is -0.384 e. The van der Waals surface area contributed by atoms with Crippen molar-refractivity contribution in [3.63, 3.8) is 0 Å². The Kier molecular flexibility index (Phi) is 2.13. The third-order valence-electron chi connectivity index (χ3n) is 2.17. The number of anilines is 1. The summed E-state index contributed by atoms with van der Waals surface area (Å²) in [4.78, 5) is 3.97. The van der Waals surface area contributed by atoms with Crippen LogP contribution >= 0.6 is 0 Å². The molecule has 0 atom stereocenters. The molecule has 0 radical (unpaired) electrons. The number of aromatic nitrogens is 1. The van der Waals surface area contributed by atoms with Crippen molar-refractivity contribution in [1.82, 2.24) is 4.98 Å². The molecule has 1 heterocycles. The number of rotatable bonds is 3. The Balaban J connectivity index is 1.93. The first-order valence-electron chi connectivity index (χ1n) is 4.48. The van der Waals surface area contributed by atoms with Gasteiger partial charge in [-0.05, 0) is 30.9 Å². The molecule has 2 rings (SSSR count). The topological polar surface area (TPSA) is 48.7 Å². The van der Waals surface area contributed by atoms with Gasteiger partial charge in [0, 0.05) is 6.54 Å². The van der Waals surface area contributed by atoms with E-state index in [0.717, 1.165) is 18.2 Å². The summed E-state index contributed by atoms with van der Waals surface area (Å²) in [6, 6.07) is 5.62. The van der Waals surface area contributed by atoms with E-state index in [0.29, 0.717) is 5.69 Å². The zero-order valence-electron chi connectivity index (χ0n) is 7.33. The molecule has 1 aromatic rings. The average molecular weight is 173 g/mol. The van der Waals surface area contributed by atoms with Crippen LogP contribution in [0.4, 0.5) is 5.69 Å². The maximum absolute atomic E-state index is 8.52. The molecule has 0 amide bonds. The first-order chi connectivity index (χ1) is 6.38. The Morgan fingerprint density at radius 1 is 1.54 bits per heavy atom. The predicted molar refractivity (Wildman–Crippen MR) is 50.2 cm³/mol. The van der Waals surface area contributed by atoms with E-state index in [2.05, 4.69) is 10.3 Å². The van der Waals surface area contributed by atoms with Crippen LogP contribution in [0.2, 0.25) is 0 Å². The minimum absolute atomic E-state index is 0.469. The molecule has 3 nitrogen and oxygen atoms in total. The molecule has 1 N–H and O–H groups in total. The van der Waals surface area contributed by atoms with Crippen molar-refractivity contribution in [2.24, 2.45) is 5.92 Å². The van der Waals surface area contributed by atoms with E-state index in [1.807, 2.05) is 12.1 Å². The molecular weight excluding hydrogens is 162 g/mol. The average Bonchev–Trinajstić information content (AvgIpc) is 2.99. The number of nitriles is 1. The molecule has 1 saturated carbocycles. The zero-order valence-corrected chi connectivity index (χ0v) is 7.33. The van der Waals surface area contributed by atoms with Crippen LogP contribution in [0.15, 0.2) is 18.3 Å². The number of hydrogen-bond donors (Lipinski definition) is 1. The summed E-state index contributed by atoms with van der Waals surface area (Å²) in [5.74, 6) is 0.857. The van der Waals surface area contributed by atoms with Crippen molar-refractivity contribution >= 4 is 5.69 Å². The summed E-state index contributed by atoms with van der Waals surface area (Å²) in [7, 11) is 0. The molecule has 3 heteroatoms. The smallest absolute Gasteiger partial charge is 0.140 e. The molecular formula is C10H11N3. The maximum Gasteiger partial charge on any atom is 0.140 e. The normalized spacial score (nSPS) is 15.0. The SMILES string of the molecule is N#Cc1ccc(NCC2CC2)cn1. The molecule has 0 spiro atoms. The van der Waals surface area contributed by atoms with Gasteiger partial charge in [-0.2, -0.15) is 5.26 Å². The highest BCUT2D eigenvalue weighted by atomic mass is 14.9. The number of nitrogens with one attached hydrogen (secondary N) is 1. The van der Waals surface area contributed by atoms with Crippen molar-refractivity contribution in [3.8, 4) is 6.07 Å². The Bertz CT molecular complexity index is 319. The van der Waals surface area contributed by atoms with E-state index in [4.69, 9.17) is 5.26 Å². The fourth-order valence-electron chi connectivity index (χ4n) is 1.15. The van der Waals surface area contributed by atoms with Gasteiger partial charge < -0.3 is 5.32 Å². The van der Waals surface area contributed by atoms with Crippen molar-refractivity contribution in [1.29, 1.82) is 5.26 Å². The molecule has 66 valence electrons. The summed E-state index contributed by atoms with van der Waals surface area (Å²) >= 11 is 0. The second-order valence-electron chi connectivity index (χ2n) is 3.37. The lowest BCUT2D eigenvalue weighted by molar-refractivity contribution is 0.888. The monoisotopic (exact) mass is 173 g/mol. The summed E-state index contributed by atoms with van der Waals surface area (Å²) in [6.07, 6.45) is 4.40. The van der Waals surface area contributed by atoms with E-state index in [9.17, 15) is 0 Å². The van der Waals surface area contributed by atoms with Gasteiger partial charge in [-0.15, -0.1) is 0 Å². The largest absolute Gasteiger partial charge is 0.384 e. The lowest BCUT2D eigenvalue weighted by Crippen LogP contribution is -2.03. The van der Waals surface area contributed by atoms with Gasteiger partial charge in [-0.1, -0.05) is 0 Å². The second kappa shape index (κ2) is 3.44. The lowest BCUT2D eigenvalue weighted by atomic mass is 10.3. The first kappa shape index (κ1) is 8.06. The van der Waals surface area contributed by atoms with E-state index in [1.165, 1.54) is 12.8 Å². The Morgan fingerprint density at radius 3 is 2.92 bits per heavy atom. The van der Waals surface area contributed by atoms with Crippen molar-refractivity contribution in [3.05, 3.63) is 24.0 Å². The standard InChI is InChI=1S/C10H11N3/c11-5-9-3-4-10(7-13-9)12-6-8-1-2-8/h3-4,7-8,12H,1-2,6H2. The highest BCUT2D eigenvalue weighted by Gasteiger charge is 2.20. The fraction of sp³-hybridized carbons (Fsp3) is 0.400. The highest BCUT2D eigenvalue weighted by Crippen LogP contribution is 2.28. The van der Waals surface area contributed by atoms with Gasteiger partial charge in [0.2, 0.25) is 0 Å². The molecule has 1 aromatic heterocycles. The van der Waals surface area contributed by atoms with Gasteiger partial charge in [0.05, 0.1) is 11.9 Å². The Morgan fingerprint density at radius 2 is 2.38 bits per heavy atom. The highest BCUT2D eigenvalue weighted by molar-refractivity contribution is 5.42. The molecule has 0 aliphatic heterocycles. The molecule has 1 aliphatic rings. The van der Waals surface area contributed by atoms with Gasteiger partial charge in [-0.25, -0.2) is 4.98 Å². The summed E-state index contributed by atoms with van der Waals surface area (Å²) < 4.78 is 0. The molecule has 13 heavy (non-hydrogen) atoms. The Labute approximate surface area is 77.4 Å². The van der Waals surface area contributed by atoms with E-state index in [1.54, 1.807) is 12.3 Å². The van der Waals surface area contributed by atoms with Gasteiger partial charge in [0.15, 0.2) is 0 Å². The van der Waals surface area contributed by atoms with Crippen LogP contribution in [-0.4, -0.2) is 11.5 Å². The lowest BCUT2D eigenvalue weighted by Gasteiger charge is -2.03. The van der Waals surface area contributed by atoms with Crippen molar-refractivity contribution in [2.75, 3.05) is 11.9 Å². The predicted octanol–water partition coefficient (Wildman–Crippen LogP) is 1.78. The van der Waals surface area contributed by atoms with Gasteiger partial charge in [0.25, 0.3) is 0 Å². The molecule has 1 aliphatic carbocycles. The van der Waals surface area contributed by atoms with Crippen LogP contribution in [0.1, 0.15) is 18.5 Å². The van der Waals surface area contributed by atoms with Gasteiger partial charge >= 0.3 is 0 Å². The van der Waals surface area contributed by atoms with Crippen molar-refractivity contribution in [2.45, 2.75) is 12.8 Å². The molecule has 0 saturated heterocycles. The summed E-state index contributed by atoms with van der Waals surface area (Å²) in [5.41, 5.74) is 1.47. The quantitative estimate of drug-likeness (QED) is 0.757. The van der Waals surface area contributed by atoms with Crippen molar-refractivity contribution < 1.29 is 0 Å². The molecule has 0 aromatic carbocycles. The van der Waals surface area contributed by atoms with E-state index >= 15 is 0 Å². The number of nitrogens with zero attached hydrogens (tertiary/aromatic N) is 2. The third kappa shape index (κ3) is 2.19. The van der Waals surface area contributed by atoms with Crippen LogP contribution in [0, 0.1) is 17.2 Å². The summed E-state index contributed by atoms with van der Waals surface area (Å²) in [5, 5.41) is 11.8. The second-order valence-corrected chi connectivity index (χ2v) is 3.37. The number of pyridine rings is 1. The van der Waals surface area contributed by atoms with E-state index in [-0.39, 0.29) is 0 Å². The molecule has 1 fully saturated rings. The first-order valence-corrected chi connectivity index (χ1v) is 4.48. The van der Waals surface area contributed by atoms with Crippen LogP contribution in [0.3, 0.4) is 0 Å². The zero-order chi connectivity index (χ0) is 9.10. The summed E-state index contributed by atoms with van der Waals surface area (Å²) in [6.45, 7) is 1.04. The van der Waals surface area contributed by atoms with Crippen LogP contribution in [0.5, 0.6) is 0 Å².